The van der Waals surface area contributed by atoms with Gasteiger partial charge in [-0.15, -0.1) is 0 Å². The molecule has 3 N–H and O–H groups in total. The van der Waals surface area contributed by atoms with E-state index in [0.717, 1.165) is 24.3 Å². The topological polar surface area (TPSA) is 147 Å². The van der Waals surface area contributed by atoms with Gasteiger partial charge in [-0.3, -0.25) is 4.79 Å². The number of amides is 1. The normalized spacial score (nSPS) is 12.0. The smallest absolute Gasteiger partial charge is 0.394 e. The van der Waals surface area contributed by atoms with E-state index in [9.17, 15) is 27.2 Å². The summed E-state index contributed by atoms with van der Waals surface area (Å²) in [5.41, 5.74) is 0.379. The van der Waals surface area contributed by atoms with Crippen LogP contribution in [-0.2, 0) is 30.9 Å². The highest BCUT2D eigenvalue weighted by Gasteiger charge is 2.24. The van der Waals surface area contributed by atoms with Gasteiger partial charge in [-0.2, -0.15) is 8.42 Å². The van der Waals surface area contributed by atoms with E-state index in [1.165, 1.54) is 24.3 Å². The molecule has 0 aromatic heterocycles. The van der Waals surface area contributed by atoms with Crippen molar-refractivity contribution in [2.24, 2.45) is 0 Å². The van der Waals surface area contributed by atoms with E-state index in [1.807, 2.05) is 5.32 Å². The molecule has 9 nitrogen and oxygen atoms in total. The third-order valence-corrected chi connectivity index (χ3v) is 4.73. The molecule has 0 saturated heterocycles. The molecule has 28 heavy (non-hydrogen) atoms. The van der Waals surface area contributed by atoms with Crippen LogP contribution in [0.25, 0.3) is 0 Å². The van der Waals surface area contributed by atoms with E-state index in [1.54, 1.807) is 0 Å². The first-order valence-corrected chi connectivity index (χ1v) is 9.05. The summed E-state index contributed by atoms with van der Waals surface area (Å²) in [5, 5.41) is 19.5. The molecule has 2 aromatic carbocycles. The van der Waals surface area contributed by atoms with Crippen molar-refractivity contribution >= 4 is 28.0 Å². The lowest BCUT2D eigenvalue weighted by Crippen LogP contribution is -2.45. The van der Waals surface area contributed by atoms with Gasteiger partial charge in [0.25, 0.3) is 0 Å². The SMILES string of the molecule is O=C(O)C(=O)N[C@H](Cc1ccc(OS(=O)(=O)c2ccc(F)cc2)cc1)C(=O)O. The summed E-state index contributed by atoms with van der Waals surface area (Å²) < 4.78 is 42.1. The lowest BCUT2D eigenvalue weighted by atomic mass is 10.1. The summed E-state index contributed by atoms with van der Waals surface area (Å²) in [7, 11) is -4.19. The third kappa shape index (κ3) is 5.51. The van der Waals surface area contributed by atoms with Gasteiger partial charge in [0.05, 0.1) is 0 Å². The fourth-order valence-electron chi connectivity index (χ4n) is 2.11. The Balaban J connectivity index is 2.09. The lowest BCUT2D eigenvalue weighted by Gasteiger charge is -2.13. The van der Waals surface area contributed by atoms with Crippen molar-refractivity contribution in [1.82, 2.24) is 5.32 Å². The Morgan fingerprint density at radius 2 is 1.57 bits per heavy atom. The average Bonchev–Trinajstić information content (AvgIpc) is 2.62. The number of halogens is 1. The highest BCUT2D eigenvalue weighted by atomic mass is 32.2. The summed E-state index contributed by atoms with van der Waals surface area (Å²) in [5.74, 6) is -5.40. The number of aliphatic carboxylic acids is 2. The van der Waals surface area contributed by atoms with Crippen molar-refractivity contribution in [3.63, 3.8) is 0 Å². The molecule has 0 aliphatic heterocycles. The Labute approximate surface area is 158 Å². The maximum atomic E-state index is 12.9. The second kappa shape index (κ2) is 8.48. The molecule has 148 valence electrons. The quantitative estimate of drug-likeness (QED) is 0.448. The first-order chi connectivity index (χ1) is 13.1. The zero-order valence-electron chi connectivity index (χ0n) is 14.0. The van der Waals surface area contributed by atoms with E-state index in [-0.39, 0.29) is 17.1 Å². The molecule has 0 aliphatic rings. The van der Waals surface area contributed by atoms with Gasteiger partial charge in [-0.05, 0) is 42.0 Å². The van der Waals surface area contributed by atoms with Crippen LogP contribution in [-0.4, -0.2) is 42.5 Å². The highest BCUT2D eigenvalue weighted by molar-refractivity contribution is 7.87. The molecule has 0 fully saturated rings. The van der Waals surface area contributed by atoms with Gasteiger partial charge in [0, 0.05) is 6.42 Å². The molecule has 11 heteroatoms. The van der Waals surface area contributed by atoms with Crippen LogP contribution >= 0.6 is 0 Å². The Bertz CT molecular complexity index is 987. The Morgan fingerprint density at radius 1 is 1.00 bits per heavy atom. The molecule has 0 bridgehead atoms. The van der Waals surface area contributed by atoms with Crippen LogP contribution in [0.15, 0.2) is 53.4 Å². The number of carbonyl (C=O) groups is 3. The van der Waals surface area contributed by atoms with Crippen LogP contribution in [0.2, 0.25) is 0 Å². The van der Waals surface area contributed by atoms with Crippen molar-refractivity contribution in [2.75, 3.05) is 0 Å². The molecule has 2 aromatic rings. The molecule has 0 aliphatic carbocycles. The fraction of sp³-hybridized carbons (Fsp3) is 0.118. The number of rotatable bonds is 7. The van der Waals surface area contributed by atoms with Gasteiger partial charge in [0.1, 0.15) is 22.5 Å². The molecular weight excluding hydrogens is 397 g/mol. The Kier molecular flexibility index (Phi) is 6.31. The van der Waals surface area contributed by atoms with Crippen molar-refractivity contribution in [3.8, 4) is 5.75 Å². The van der Waals surface area contributed by atoms with Gasteiger partial charge >= 0.3 is 28.0 Å². The van der Waals surface area contributed by atoms with Crippen LogP contribution in [0, 0.1) is 5.82 Å². The minimum atomic E-state index is -4.19. The van der Waals surface area contributed by atoms with Crippen LogP contribution in [0.4, 0.5) is 4.39 Å². The Hall–Kier alpha value is -3.47. The number of carboxylic acid groups (broad SMARTS) is 2. The lowest BCUT2D eigenvalue weighted by molar-refractivity contribution is -0.152. The van der Waals surface area contributed by atoms with E-state index >= 15 is 0 Å². The van der Waals surface area contributed by atoms with E-state index in [0.29, 0.717) is 5.56 Å². The molecule has 2 rings (SSSR count). The summed E-state index contributed by atoms with van der Waals surface area (Å²) >= 11 is 0. The molecule has 1 amide bonds. The highest BCUT2D eigenvalue weighted by Crippen LogP contribution is 2.20. The first-order valence-electron chi connectivity index (χ1n) is 7.64. The number of nitrogens with one attached hydrogen (secondary N) is 1. The van der Waals surface area contributed by atoms with Crippen molar-refractivity contribution in [2.45, 2.75) is 17.4 Å². The molecule has 0 radical (unpaired) electrons. The number of carboxylic acids is 2. The van der Waals surface area contributed by atoms with Crippen LogP contribution in [0.5, 0.6) is 5.75 Å². The number of benzene rings is 2. The van der Waals surface area contributed by atoms with E-state index in [2.05, 4.69) is 0 Å². The zero-order valence-corrected chi connectivity index (χ0v) is 14.8. The second-order valence-corrected chi connectivity index (χ2v) is 7.06. The van der Waals surface area contributed by atoms with Crippen molar-refractivity contribution < 1.29 is 41.6 Å². The van der Waals surface area contributed by atoms with Gasteiger partial charge < -0.3 is 19.7 Å². The van der Waals surface area contributed by atoms with Gasteiger partial charge in [0.15, 0.2) is 0 Å². The van der Waals surface area contributed by atoms with Gasteiger partial charge in [-0.1, -0.05) is 12.1 Å². The van der Waals surface area contributed by atoms with Gasteiger partial charge in [0.2, 0.25) is 0 Å². The predicted octanol–water partition coefficient (Wildman–Crippen LogP) is 0.790. The second-order valence-electron chi connectivity index (χ2n) is 5.51. The maximum Gasteiger partial charge on any atom is 0.394 e. The number of carbonyl (C=O) groups excluding carboxylic acids is 1. The van der Waals surface area contributed by atoms with Crippen molar-refractivity contribution in [1.29, 1.82) is 0 Å². The molecule has 0 heterocycles. The molecule has 1 atom stereocenters. The van der Waals surface area contributed by atoms with Crippen LogP contribution in [0.3, 0.4) is 0 Å². The Morgan fingerprint density at radius 3 is 2.07 bits per heavy atom. The molecule has 0 saturated carbocycles. The summed E-state index contributed by atoms with van der Waals surface area (Å²) in [4.78, 5) is 32.6. The first kappa shape index (κ1) is 20.8. The van der Waals surface area contributed by atoms with E-state index in [4.69, 9.17) is 14.4 Å². The standard InChI is InChI=1S/C17H14FNO8S/c18-11-3-7-13(8-4-11)28(25,26)27-12-5-1-10(2-6-12)9-14(16(21)22)19-15(20)17(23)24/h1-8,14H,9H2,(H,19,20)(H,21,22)(H,23,24)/t14-/m1/s1. The molecule has 0 unspecified atom stereocenters. The maximum absolute atomic E-state index is 12.9. The zero-order chi connectivity index (χ0) is 20.9. The van der Waals surface area contributed by atoms with Crippen molar-refractivity contribution in [3.05, 3.63) is 59.9 Å². The molecular formula is C17H14FNO8S. The third-order valence-electron chi connectivity index (χ3n) is 3.47. The largest absolute Gasteiger partial charge is 0.480 e. The minimum Gasteiger partial charge on any atom is -0.480 e. The number of hydrogen-bond acceptors (Lipinski definition) is 6. The summed E-state index contributed by atoms with van der Waals surface area (Å²) in [6.45, 7) is 0. The molecule has 0 spiro atoms. The average molecular weight is 411 g/mol. The summed E-state index contributed by atoms with van der Waals surface area (Å²) in [6, 6.07) is 7.77. The van der Waals surface area contributed by atoms with Crippen LogP contribution in [0.1, 0.15) is 5.56 Å². The number of hydrogen-bond donors (Lipinski definition) is 3. The van der Waals surface area contributed by atoms with E-state index < -0.39 is 39.8 Å². The monoisotopic (exact) mass is 411 g/mol. The van der Waals surface area contributed by atoms with Gasteiger partial charge in [-0.25, -0.2) is 14.0 Å². The minimum absolute atomic E-state index is 0.0745. The predicted molar refractivity (Wildman–Crippen MR) is 91.6 cm³/mol. The summed E-state index contributed by atoms with van der Waals surface area (Å²) in [6.07, 6.45) is -0.237. The van der Waals surface area contributed by atoms with Crippen LogP contribution < -0.4 is 9.50 Å². The fourth-order valence-corrected chi connectivity index (χ4v) is 3.04.